The summed E-state index contributed by atoms with van der Waals surface area (Å²) in [6.45, 7) is 1.38. The van der Waals surface area contributed by atoms with E-state index in [9.17, 15) is 22.8 Å². The lowest BCUT2D eigenvalue weighted by molar-refractivity contribution is -0.146. The highest BCUT2D eigenvalue weighted by Crippen LogP contribution is 2.20. The molecule has 98 valence electrons. The molecule has 1 aliphatic rings. The van der Waals surface area contributed by atoms with E-state index in [1.165, 1.54) is 0 Å². The van der Waals surface area contributed by atoms with Crippen LogP contribution in [0.1, 0.15) is 26.2 Å². The second kappa shape index (κ2) is 5.37. The van der Waals surface area contributed by atoms with Crippen LogP contribution in [-0.4, -0.2) is 42.0 Å². The zero-order chi connectivity index (χ0) is 13.1. The molecule has 1 heterocycles. The number of carbonyl (C=O) groups excluding carboxylic acids is 2. The predicted octanol–water partition coefficient (Wildman–Crippen LogP) is 1.07. The first-order valence-electron chi connectivity index (χ1n) is 5.48. The van der Waals surface area contributed by atoms with Gasteiger partial charge in [-0.15, -0.1) is 0 Å². The number of nitrogens with zero attached hydrogens (tertiary/aromatic N) is 1. The number of nitrogens with one attached hydrogen (secondary N) is 1. The average molecular weight is 252 g/mol. The molecule has 1 aliphatic heterocycles. The van der Waals surface area contributed by atoms with E-state index < -0.39 is 24.5 Å². The zero-order valence-electron chi connectivity index (χ0n) is 9.51. The van der Waals surface area contributed by atoms with E-state index in [2.05, 4.69) is 5.32 Å². The Morgan fingerprint density at radius 3 is 2.59 bits per heavy atom. The molecule has 1 unspecified atom stereocenters. The summed E-state index contributed by atoms with van der Waals surface area (Å²) in [5.41, 5.74) is 0. The van der Waals surface area contributed by atoms with Crippen LogP contribution in [0.15, 0.2) is 0 Å². The summed E-state index contributed by atoms with van der Waals surface area (Å²) < 4.78 is 36.2. The number of amides is 2. The Kier molecular flexibility index (Phi) is 4.36. The minimum Gasteiger partial charge on any atom is -0.344 e. The predicted molar refractivity (Wildman–Crippen MR) is 54.1 cm³/mol. The molecule has 1 fully saturated rings. The Morgan fingerprint density at radius 2 is 2.06 bits per heavy atom. The Balaban J connectivity index is 2.64. The van der Waals surface area contributed by atoms with Crippen molar-refractivity contribution in [1.82, 2.24) is 10.2 Å². The van der Waals surface area contributed by atoms with Crippen LogP contribution in [-0.2, 0) is 9.59 Å². The first-order chi connectivity index (χ1) is 7.83. The molecule has 1 rings (SSSR count). The van der Waals surface area contributed by atoms with Gasteiger partial charge in [-0.3, -0.25) is 9.59 Å². The standard InChI is InChI=1S/C10H15F3N2O2/c1-2-7-9(17)15(5-3-8(16)14-7)6-4-10(11,12)13/h7H,2-6H2,1H3,(H,14,16). The normalized spacial score (nSPS) is 22.4. The van der Waals surface area contributed by atoms with Gasteiger partial charge < -0.3 is 10.2 Å². The molecule has 0 aromatic heterocycles. The van der Waals surface area contributed by atoms with E-state index in [4.69, 9.17) is 0 Å². The van der Waals surface area contributed by atoms with Gasteiger partial charge in [0.1, 0.15) is 6.04 Å². The van der Waals surface area contributed by atoms with Crippen molar-refractivity contribution in [2.45, 2.75) is 38.4 Å². The van der Waals surface area contributed by atoms with Crippen LogP contribution in [0, 0.1) is 0 Å². The van der Waals surface area contributed by atoms with Crippen LogP contribution in [0.25, 0.3) is 0 Å². The molecule has 0 aromatic rings. The Bertz CT molecular complexity index is 304. The van der Waals surface area contributed by atoms with Gasteiger partial charge in [0.25, 0.3) is 0 Å². The van der Waals surface area contributed by atoms with Crippen molar-refractivity contribution in [3.8, 4) is 0 Å². The van der Waals surface area contributed by atoms with Gasteiger partial charge in [-0.1, -0.05) is 6.92 Å². The molecular weight excluding hydrogens is 237 g/mol. The molecule has 0 aliphatic carbocycles. The molecule has 0 saturated carbocycles. The van der Waals surface area contributed by atoms with Gasteiger partial charge in [0.05, 0.1) is 6.42 Å². The third-order valence-corrected chi connectivity index (χ3v) is 2.63. The van der Waals surface area contributed by atoms with Gasteiger partial charge in [-0.25, -0.2) is 0 Å². The van der Waals surface area contributed by atoms with Gasteiger partial charge in [-0.05, 0) is 6.42 Å². The fourth-order valence-corrected chi connectivity index (χ4v) is 1.66. The molecule has 7 heteroatoms. The van der Waals surface area contributed by atoms with Crippen LogP contribution in [0.2, 0.25) is 0 Å². The lowest BCUT2D eigenvalue weighted by atomic mass is 10.2. The summed E-state index contributed by atoms with van der Waals surface area (Å²) in [4.78, 5) is 24.1. The second-order valence-electron chi connectivity index (χ2n) is 3.97. The molecular formula is C10H15F3N2O2. The lowest BCUT2D eigenvalue weighted by Gasteiger charge is -2.23. The fourth-order valence-electron chi connectivity index (χ4n) is 1.66. The Labute approximate surface area is 97.1 Å². The Morgan fingerprint density at radius 1 is 1.41 bits per heavy atom. The third kappa shape index (κ3) is 4.24. The van der Waals surface area contributed by atoms with Gasteiger partial charge in [0.15, 0.2) is 0 Å². The molecule has 0 bridgehead atoms. The van der Waals surface area contributed by atoms with Gasteiger partial charge in [0, 0.05) is 19.5 Å². The van der Waals surface area contributed by atoms with E-state index in [0.717, 1.165) is 4.90 Å². The van der Waals surface area contributed by atoms with Crippen molar-refractivity contribution >= 4 is 11.8 Å². The SMILES string of the molecule is CCC1NC(=O)CCN(CCC(F)(F)F)C1=O. The van der Waals surface area contributed by atoms with Gasteiger partial charge in [-0.2, -0.15) is 13.2 Å². The van der Waals surface area contributed by atoms with Crippen LogP contribution in [0.4, 0.5) is 13.2 Å². The number of hydrogen-bond donors (Lipinski definition) is 1. The Hall–Kier alpha value is -1.27. The molecule has 4 nitrogen and oxygen atoms in total. The summed E-state index contributed by atoms with van der Waals surface area (Å²) in [5, 5.41) is 2.49. The zero-order valence-corrected chi connectivity index (χ0v) is 9.51. The third-order valence-electron chi connectivity index (χ3n) is 2.63. The smallest absolute Gasteiger partial charge is 0.344 e. The van der Waals surface area contributed by atoms with Crippen molar-refractivity contribution in [3.63, 3.8) is 0 Å². The minimum atomic E-state index is -4.29. The maximum atomic E-state index is 12.1. The maximum absolute atomic E-state index is 12.1. The minimum absolute atomic E-state index is 0.0528. The van der Waals surface area contributed by atoms with E-state index in [1.807, 2.05) is 0 Å². The first kappa shape index (κ1) is 13.8. The number of carbonyl (C=O) groups is 2. The highest BCUT2D eigenvalue weighted by Gasteiger charge is 2.32. The highest BCUT2D eigenvalue weighted by atomic mass is 19.4. The number of hydrogen-bond acceptors (Lipinski definition) is 2. The first-order valence-corrected chi connectivity index (χ1v) is 5.48. The van der Waals surface area contributed by atoms with Crippen molar-refractivity contribution in [1.29, 1.82) is 0 Å². The van der Waals surface area contributed by atoms with Crippen LogP contribution in [0.5, 0.6) is 0 Å². The molecule has 1 atom stereocenters. The topological polar surface area (TPSA) is 49.4 Å². The van der Waals surface area contributed by atoms with Crippen LogP contribution in [0.3, 0.4) is 0 Å². The molecule has 2 amide bonds. The van der Waals surface area contributed by atoms with Crippen LogP contribution < -0.4 is 5.32 Å². The molecule has 0 spiro atoms. The summed E-state index contributed by atoms with van der Waals surface area (Å²) in [6, 6.07) is -0.696. The van der Waals surface area contributed by atoms with Gasteiger partial charge >= 0.3 is 6.18 Å². The molecule has 0 radical (unpaired) electrons. The largest absolute Gasteiger partial charge is 0.390 e. The van der Waals surface area contributed by atoms with Crippen molar-refractivity contribution in [3.05, 3.63) is 0 Å². The van der Waals surface area contributed by atoms with E-state index in [1.54, 1.807) is 6.92 Å². The highest BCUT2D eigenvalue weighted by molar-refractivity contribution is 5.89. The van der Waals surface area contributed by atoms with E-state index in [-0.39, 0.29) is 25.4 Å². The molecule has 17 heavy (non-hydrogen) atoms. The quantitative estimate of drug-likeness (QED) is 0.816. The molecule has 1 N–H and O–H groups in total. The van der Waals surface area contributed by atoms with Crippen molar-refractivity contribution in [2.24, 2.45) is 0 Å². The summed E-state index contributed by atoms with van der Waals surface area (Å²) in [7, 11) is 0. The van der Waals surface area contributed by atoms with Crippen LogP contribution >= 0.6 is 0 Å². The number of rotatable bonds is 3. The maximum Gasteiger partial charge on any atom is 0.390 e. The number of alkyl halides is 3. The van der Waals surface area contributed by atoms with Gasteiger partial charge in [0.2, 0.25) is 11.8 Å². The molecule has 0 aromatic carbocycles. The van der Waals surface area contributed by atoms with E-state index >= 15 is 0 Å². The van der Waals surface area contributed by atoms with Crippen molar-refractivity contribution in [2.75, 3.05) is 13.1 Å². The average Bonchev–Trinajstić information content (AvgIpc) is 2.35. The monoisotopic (exact) mass is 252 g/mol. The van der Waals surface area contributed by atoms with Crippen molar-refractivity contribution < 1.29 is 22.8 Å². The number of halogens is 3. The summed E-state index contributed by atoms with van der Waals surface area (Å²) in [6.07, 6.45) is -4.89. The summed E-state index contributed by atoms with van der Waals surface area (Å²) >= 11 is 0. The molecule has 1 saturated heterocycles. The summed E-state index contributed by atoms with van der Waals surface area (Å²) in [5.74, 6) is -0.720. The lowest BCUT2D eigenvalue weighted by Crippen LogP contribution is -2.45. The fraction of sp³-hybridized carbons (Fsp3) is 0.800. The van der Waals surface area contributed by atoms with E-state index in [0.29, 0.717) is 6.42 Å². The second-order valence-corrected chi connectivity index (χ2v) is 3.97.